The van der Waals surface area contributed by atoms with Gasteiger partial charge in [-0.15, -0.1) is 0 Å². The molecule has 1 fully saturated rings. The average Bonchev–Trinajstić information content (AvgIpc) is 3.27. The molecule has 1 saturated heterocycles. The summed E-state index contributed by atoms with van der Waals surface area (Å²) < 4.78 is 5.53. The van der Waals surface area contributed by atoms with E-state index in [0.29, 0.717) is 31.9 Å². The molecule has 3 N–H and O–H groups in total. The number of amides is 1. The molecule has 0 saturated carbocycles. The van der Waals surface area contributed by atoms with Crippen LogP contribution in [0.25, 0.3) is 0 Å². The molecule has 2 aliphatic heterocycles. The van der Waals surface area contributed by atoms with Gasteiger partial charge < -0.3 is 14.7 Å². The molecule has 0 radical (unpaired) electrons. The van der Waals surface area contributed by atoms with Crippen LogP contribution in [0.15, 0.2) is 28.8 Å². The highest BCUT2D eigenvalue weighted by Crippen LogP contribution is 2.30. The van der Waals surface area contributed by atoms with E-state index in [0.717, 1.165) is 23.4 Å². The number of rotatable bonds is 4. The van der Waals surface area contributed by atoms with Gasteiger partial charge in [0.15, 0.2) is 5.82 Å². The quantitative estimate of drug-likeness (QED) is 0.778. The lowest BCUT2D eigenvalue weighted by atomic mass is 9.99. The number of carbonyl (C=O) groups excluding carboxylic acids is 1. The molecule has 138 valence electrons. The summed E-state index contributed by atoms with van der Waals surface area (Å²) in [4.78, 5) is 14.8. The van der Waals surface area contributed by atoms with Gasteiger partial charge >= 0.3 is 0 Å². The third-order valence-corrected chi connectivity index (χ3v) is 5.36. The molecule has 2 atom stereocenters. The minimum atomic E-state index is -0.0337. The van der Waals surface area contributed by atoms with Crippen molar-refractivity contribution in [3.63, 3.8) is 0 Å². The molecular formula is C19H25N5O2. The van der Waals surface area contributed by atoms with Crippen molar-refractivity contribution in [2.75, 3.05) is 18.4 Å². The standard InChI is InChI=1S/C19H25N5O2/c1-3-13-6-4-5-7-16(13)21-18-15-11-24(9-8-17(15)26-23-18)19(25)14-10-20-22-12(14)2/h4-7,12,14,20,22H,3,8-11H2,1-2H3,(H,21,23). The van der Waals surface area contributed by atoms with Gasteiger partial charge in [0.2, 0.25) is 5.91 Å². The Balaban J connectivity index is 1.54. The number of carbonyl (C=O) groups is 1. The third kappa shape index (κ3) is 3.08. The number of anilines is 2. The Bertz CT molecular complexity index is 803. The Hall–Kier alpha value is -2.38. The first kappa shape index (κ1) is 17.1. The maximum absolute atomic E-state index is 12.9. The van der Waals surface area contributed by atoms with Crippen LogP contribution in [-0.2, 0) is 24.2 Å². The zero-order chi connectivity index (χ0) is 18.1. The van der Waals surface area contributed by atoms with E-state index in [1.807, 2.05) is 30.0 Å². The minimum absolute atomic E-state index is 0.0337. The van der Waals surface area contributed by atoms with Gasteiger partial charge in [-0.25, -0.2) is 0 Å². The van der Waals surface area contributed by atoms with Crippen LogP contribution < -0.4 is 16.2 Å². The fraction of sp³-hybridized carbons (Fsp3) is 0.474. The Morgan fingerprint density at radius 1 is 1.42 bits per heavy atom. The maximum atomic E-state index is 12.9. The Morgan fingerprint density at radius 3 is 3.04 bits per heavy atom. The van der Waals surface area contributed by atoms with Crippen LogP contribution >= 0.6 is 0 Å². The first-order valence-corrected chi connectivity index (χ1v) is 9.27. The van der Waals surface area contributed by atoms with E-state index < -0.39 is 0 Å². The van der Waals surface area contributed by atoms with Gasteiger partial charge in [0.25, 0.3) is 0 Å². The molecule has 3 heterocycles. The largest absolute Gasteiger partial charge is 0.359 e. The van der Waals surface area contributed by atoms with E-state index in [2.05, 4.69) is 34.3 Å². The highest BCUT2D eigenvalue weighted by Gasteiger charge is 2.35. The van der Waals surface area contributed by atoms with Crippen LogP contribution in [0, 0.1) is 5.92 Å². The van der Waals surface area contributed by atoms with Crippen LogP contribution in [0.1, 0.15) is 30.7 Å². The fourth-order valence-electron chi connectivity index (χ4n) is 3.72. The van der Waals surface area contributed by atoms with Crippen molar-refractivity contribution in [2.45, 2.75) is 39.3 Å². The number of nitrogens with one attached hydrogen (secondary N) is 3. The van der Waals surface area contributed by atoms with Gasteiger partial charge in [0.1, 0.15) is 5.76 Å². The first-order valence-electron chi connectivity index (χ1n) is 9.27. The molecule has 0 aliphatic carbocycles. The number of para-hydroxylation sites is 1. The molecule has 1 aromatic carbocycles. The summed E-state index contributed by atoms with van der Waals surface area (Å²) in [7, 11) is 0. The van der Waals surface area contributed by atoms with E-state index in [-0.39, 0.29) is 17.9 Å². The van der Waals surface area contributed by atoms with Crippen molar-refractivity contribution in [1.29, 1.82) is 0 Å². The van der Waals surface area contributed by atoms with Gasteiger partial charge in [0.05, 0.1) is 18.0 Å². The number of hydrogen-bond donors (Lipinski definition) is 3. The molecular weight excluding hydrogens is 330 g/mol. The topological polar surface area (TPSA) is 82.4 Å². The summed E-state index contributed by atoms with van der Waals surface area (Å²) in [6.07, 6.45) is 1.64. The average molecular weight is 355 g/mol. The lowest BCUT2D eigenvalue weighted by Crippen LogP contribution is -2.43. The first-order chi connectivity index (χ1) is 12.7. The van der Waals surface area contributed by atoms with Crippen molar-refractivity contribution in [3.05, 3.63) is 41.2 Å². The molecule has 4 rings (SSSR count). The Kier molecular flexibility index (Phi) is 4.65. The minimum Gasteiger partial charge on any atom is -0.359 e. The van der Waals surface area contributed by atoms with E-state index in [1.54, 1.807) is 0 Å². The Morgan fingerprint density at radius 2 is 2.27 bits per heavy atom. The predicted octanol–water partition coefficient (Wildman–Crippen LogP) is 1.98. The zero-order valence-corrected chi connectivity index (χ0v) is 15.2. The van der Waals surface area contributed by atoms with Gasteiger partial charge in [-0.2, -0.15) is 0 Å². The van der Waals surface area contributed by atoms with E-state index in [4.69, 9.17) is 4.52 Å². The van der Waals surface area contributed by atoms with Crippen LogP contribution in [0.3, 0.4) is 0 Å². The maximum Gasteiger partial charge on any atom is 0.228 e. The van der Waals surface area contributed by atoms with Gasteiger partial charge in [0, 0.05) is 31.2 Å². The highest BCUT2D eigenvalue weighted by atomic mass is 16.5. The number of aromatic nitrogens is 1. The van der Waals surface area contributed by atoms with Gasteiger partial charge in [-0.3, -0.25) is 15.6 Å². The molecule has 2 aromatic rings. The molecule has 0 spiro atoms. The smallest absolute Gasteiger partial charge is 0.228 e. The number of nitrogens with zero attached hydrogens (tertiary/aromatic N) is 2. The van der Waals surface area contributed by atoms with Crippen LogP contribution in [0.4, 0.5) is 11.5 Å². The molecule has 7 nitrogen and oxygen atoms in total. The van der Waals surface area contributed by atoms with Crippen molar-refractivity contribution in [1.82, 2.24) is 20.9 Å². The van der Waals surface area contributed by atoms with Gasteiger partial charge in [-0.05, 0) is 25.0 Å². The monoisotopic (exact) mass is 355 g/mol. The second-order valence-corrected chi connectivity index (χ2v) is 7.00. The molecule has 1 aromatic heterocycles. The molecule has 0 bridgehead atoms. The highest BCUT2D eigenvalue weighted by molar-refractivity contribution is 5.80. The lowest BCUT2D eigenvalue weighted by Gasteiger charge is -2.29. The summed E-state index contributed by atoms with van der Waals surface area (Å²) in [6.45, 7) is 6.05. The zero-order valence-electron chi connectivity index (χ0n) is 15.2. The van der Waals surface area contributed by atoms with E-state index in [9.17, 15) is 4.79 Å². The molecule has 1 amide bonds. The summed E-state index contributed by atoms with van der Waals surface area (Å²) in [5.74, 6) is 1.74. The molecule has 2 aliphatic rings. The summed E-state index contributed by atoms with van der Waals surface area (Å²) in [5, 5.41) is 7.63. The second-order valence-electron chi connectivity index (χ2n) is 7.00. The van der Waals surface area contributed by atoms with Crippen molar-refractivity contribution in [2.24, 2.45) is 5.92 Å². The summed E-state index contributed by atoms with van der Waals surface area (Å²) in [6, 6.07) is 8.33. The number of benzene rings is 1. The summed E-state index contributed by atoms with van der Waals surface area (Å²) >= 11 is 0. The van der Waals surface area contributed by atoms with Gasteiger partial charge in [-0.1, -0.05) is 30.3 Å². The number of hydrazine groups is 1. The lowest BCUT2D eigenvalue weighted by molar-refractivity contribution is -0.136. The second kappa shape index (κ2) is 7.09. The van der Waals surface area contributed by atoms with Crippen molar-refractivity contribution >= 4 is 17.4 Å². The molecule has 26 heavy (non-hydrogen) atoms. The summed E-state index contributed by atoms with van der Waals surface area (Å²) in [5.41, 5.74) is 9.44. The van der Waals surface area contributed by atoms with E-state index >= 15 is 0 Å². The van der Waals surface area contributed by atoms with E-state index in [1.165, 1.54) is 5.56 Å². The third-order valence-electron chi connectivity index (χ3n) is 5.36. The molecule has 2 unspecified atom stereocenters. The number of fused-ring (bicyclic) bond motifs is 1. The van der Waals surface area contributed by atoms with Crippen LogP contribution in [0.2, 0.25) is 0 Å². The number of hydrogen-bond acceptors (Lipinski definition) is 6. The predicted molar refractivity (Wildman–Crippen MR) is 98.8 cm³/mol. The van der Waals surface area contributed by atoms with Crippen molar-refractivity contribution < 1.29 is 9.32 Å². The van der Waals surface area contributed by atoms with Crippen LogP contribution in [0.5, 0.6) is 0 Å². The molecule has 7 heteroatoms. The number of aryl methyl sites for hydroxylation is 1. The fourth-order valence-corrected chi connectivity index (χ4v) is 3.72. The normalized spacial score (nSPS) is 22.3. The van der Waals surface area contributed by atoms with Crippen LogP contribution in [-0.4, -0.2) is 35.1 Å². The Labute approximate surface area is 153 Å². The van der Waals surface area contributed by atoms with Crippen molar-refractivity contribution in [3.8, 4) is 0 Å². The SMILES string of the molecule is CCc1ccccc1Nc1noc2c1CN(C(=O)C1CNNC1C)CC2.